The Hall–Kier alpha value is -3.87. The van der Waals surface area contributed by atoms with Crippen molar-refractivity contribution >= 4 is 37.0 Å². The summed E-state index contributed by atoms with van der Waals surface area (Å²) in [6.45, 7) is 2.97. The summed E-state index contributed by atoms with van der Waals surface area (Å²) in [4.78, 5) is 6.42. The molecule has 1 fully saturated rings. The predicted octanol–water partition coefficient (Wildman–Crippen LogP) is 3.81. The maximum atomic E-state index is 9.75. The Bertz CT molecular complexity index is 1120. The van der Waals surface area contributed by atoms with E-state index in [1.807, 2.05) is 62.4 Å². The van der Waals surface area contributed by atoms with Gasteiger partial charge in [0, 0.05) is 39.6 Å². The Labute approximate surface area is 220 Å². The maximum Gasteiger partial charge on any atom is 0.673 e. The number of hydrogen-bond donors (Lipinski definition) is 0. The molecule has 4 rings (SSSR count). The molecule has 0 aliphatic carbocycles. The Balaban J connectivity index is 0.000000732. The SMILES string of the molecule is CN(C)c1ccc(C=Nn2cc[n+](N=Cc3ccc(N(C)C)cc3)c2N2CCOCC2)cc1.F[B-](F)(F)F. The van der Waals surface area contributed by atoms with Crippen LogP contribution >= 0.6 is 0 Å². The van der Waals surface area contributed by atoms with Crippen LogP contribution in [0, 0.1) is 0 Å². The van der Waals surface area contributed by atoms with Crippen molar-refractivity contribution in [1.29, 1.82) is 0 Å². The van der Waals surface area contributed by atoms with Crippen molar-refractivity contribution in [3.63, 3.8) is 0 Å². The summed E-state index contributed by atoms with van der Waals surface area (Å²) in [5.41, 5.74) is 4.40. The molecule has 0 radical (unpaired) electrons. The first kappa shape index (κ1) is 28.7. The first-order chi connectivity index (χ1) is 18.0. The lowest BCUT2D eigenvalue weighted by molar-refractivity contribution is -0.665. The second kappa shape index (κ2) is 13.1. The van der Waals surface area contributed by atoms with E-state index in [2.05, 4.69) is 63.2 Å². The number of halogens is 4. The quantitative estimate of drug-likeness (QED) is 0.201. The number of nitrogens with zero attached hydrogens (tertiary/aromatic N) is 7. The number of benzene rings is 2. The van der Waals surface area contributed by atoms with Gasteiger partial charge in [-0.25, -0.2) is 0 Å². The van der Waals surface area contributed by atoms with Crippen molar-refractivity contribution in [2.75, 3.05) is 69.2 Å². The van der Waals surface area contributed by atoms with Crippen LogP contribution in [-0.4, -0.2) is 78.9 Å². The molecule has 1 aromatic heterocycles. The molecule has 8 nitrogen and oxygen atoms in total. The zero-order valence-electron chi connectivity index (χ0n) is 21.9. The van der Waals surface area contributed by atoms with Gasteiger partial charge >= 0.3 is 13.2 Å². The lowest BCUT2D eigenvalue weighted by Crippen LogP contribution is -2.44. The van der Waals surface area contributed by atoms with Gasteiger partial charge in [-0.1, -0.05) is 24.3 Å². The van der Waals surface area contributed by atoms with Crippen molar-refractivity contribution in [3.05, 3.63) is 72.1 Å². The summed E-state index contributed by atoms with van der Waals surface area (Å²) < 4.78 is 48.3. The third-order valence-electron chi connectivity index (χ3n) is 5.53. The lowest BCUT2D eigenvalue weighted by Gasteiger charge is -2.22. The Morgan fingerprint density at radius 1 is 0.816 bits per heavy atom. The molecule has 2 aromatic carbocycles. The molecule has 0 unspecified atom stereocenters. The van der Waals surface area contributed by atoms with E-state index in [1.54, 1.807) is 0 Å². The molecule has 1 aliphatic rings. The first-order valence-corrected chi connectivity index (χ1v) is 12.0. The van der Waals surface area contributed by atoms with Gasteiger partial charge < -0.3 is 31.8 Å². The summed E-state index contributed by atoms with van der Waals surface area (Å²) in [5.74, 6) is 0.903. The van der Waals surface area contributed by atoms with Crippen LogP contribution in [-0.2, 0) is 4.74 Å². The van der Waals surface area contributed by atoms with Crippen LogP contribution in [0.5, 0.6) is 0 Å². The highest BCUT2D eigenvalue weighted by Crippen LogP contribution is 2.15. The lowest BCUT2D eigenvalue weighted by atomic mass is 10.2. The van der Waals surface area contributed by atoms with Crippen LogP contribution in [0.1, 0.15) is 11.1 Å². The van der Waals surface area contributed by atoms with Gasteiger partial charge in [-0.3, -0.25) is 4.90 Å². The van der Waals surface area contributed by atoms with Gasteiger partial charge in [-0.15, -0.1) is 19.6 Å². The van der Waals surface area contributed by atoms with E-state index in [9.17, 15) is 17.3 Å². The third-order valence-corrected chi connectivity index (χ3v) is 5.53. The molecule has 2 heterocycles. The first-order valence-electron chi connectivity index (χ1n) is 12.0. The fourth-order valence-corrected chi connectivity index (χ4v) is 3.57. The third kappa shape index (κ3) is 8.91. The molecule has 38 heavy (non-hydrogen) atoms. The van der Waals surface area contributed by atoms with E-state index < -0.39 is 7.25 Å². The second-order valence-electron chi connectivity index (χ2n) is 8.84. The standard InChI is InChI=1S/C25H32N7O.BF4/c1-28(2)23-9-5-21(6-10-23)19-26-31-13-14-32(25(31)30-15-17-33-18-16-30)27-20-22-7-11-24(12-8-22)29(3)4;2-1(3,4)5/h5-14,19-20H,15-18H2,1-4H3;/q+1;-1. The average molecular weight is 533 g/mol. The molecule has 0 amide bonds. The number of ether oxygens (including phenoxy) is 1. The number of imidazole rings is 1. The summed E-state index contributed by atoms with van der Waals surface area (Å²) in [6.07, 6.45) is 7.61. The minimum absolute atomic E-state index is 0.691. The van der Waals surface area contributed by atoms with Gasteiger partial charge in [0.05, 0.1) is 38.7 Å². The molecular weight excluding hydrogens is 501 g/mol. The van der Waals surface area contributed by atoms with E-state index >= 15 is 0 Å². The van der Waals surface area contributed by atoms with Gasteiger partial charge in [0.25, 0.3) is 0 Å². The molecule has 204 valence electrons. The summed E-state index contributed by atoms with van der Waals surface area (Å²) in [7, 11) is 2.14. The van der Waals surface area contributed by atoms with Crippen molar-refractivity contribution < 1.29 is 26.7 Å². The van der Waals surface area contributed by atoms with Crippen LogP contribution in [0.25, 0.3) is 0 Å². The fourth-order valence-electron chi connectivity index (χ4n) is 3.57. The molecule has 0 saturated carbocycles. The van der Waals surface area contributed by atoms with Crippen LogP contribution < -0.4 is 19.4 Å². The van der Waals surface area contributed by atoms with Crippen molar-refractivity contribution in [2.45, 2.75) is 0 Å². The molecule has 13 heteroatoms. The van der Waals surface area contributed by atoms with Crippen molar-refractivity contribution in [2.24, 2.45) is 10.2 Å². The Kier molecular flexibility index (Phi) is 9.88. The molecule has 3 aromatic rings. The minimum Gasteiger partial charge on any atom is -0.418 e. The van der Waals surface area contributed by atoms with Gasteiger partial charge in [0.1, 0.15) is 12.4 Å². The zero-order chi connectivity index (χ0) is 27.7. The molecule has 1 aliphatic heterocycles. The summed E-state index contributed by atoms with van der Waals surface area (Å²) in [6, 6.07) is 16.6. The second-order valence-corrected chi connectivity index (χ2v) is 8.84. The topological polar surface area (TPSA) is 52.5 Å². The monoisotopic (exact) mass is 533 g/mol. The fraction of sp³-hybridized carbons (Fsp3) is 0.320. The summed E-state index contributed by atoms with van der Waals surface area (Å²) >= 11 is 0. The smallest absolute Gasteiger partial charge is 0.418 e. The van der Waals surface area contributed by atoms with Crippen LogP contribution in [0.3, 0.4) is 0 Å². The Morgan fingerprint density at radius 2 is 1.29 bits per heavy atom. The molecule has 0 bridgehead atoms. The van der Waals surface area contributed by atoms with Gasteiger partial charge in [-0.05, 0) is 35.4 Å². The number of hydrogen-bond acceptors (Lipinski definition) is 6. The van der Waals surface area contributed by atoms with Gasteiger partial charge in [0.2, 0.25) is 0 Å². The molecule has 0 atom stereocenters. The molecule has 1 saturated heterocycles. The van der Waals surface area contributed by atoms with Crippen molar-refractivity contribution in [3.8, 4) is 0 Å². The van der Waals surface area contributed by atoms with Crippen LogP contribution in [0.2, 0.25) is 0 Å². The number of anilines is 3. The highest BCUT2D eigenvalue weighted by molar-refractivity contribution is 6.50. The summed E-state index contributed by atoms with van der Waals surface area (Å²) in [5, 5.41) is 9.46. The minimum atomic E-state index is -6.00. The van der Waals surface area contributed by atoms with E-state index in [1.165, 1.54) is 0 Å². The zero-order valence-corrected chi connectivity index (χ0v) is 21.9. The number of aromatic nitrogens is 2. The van der Waals surface area contributed by atoms with Gasteiger partial charge in [0.15, 0.2) is 0 Å². The van der Waals surface area contributed by atoms with E-state index in [4.69, 9.17) is 14.9 Å². The Morgan fingerprint density at radius 3 is 1.76 bits per heavy atom. The molecular formula is C25H32BF4N7O. The van der Waals surface area contributed by atoms with Crippen molar-refractivity contribution in [1.82, 2.24) is 4.68 Å². The highest BCUT2D eigenvalue weighted by atomic mass is 19.5. The largest absolute Gasteiger partial charge is 0.673 e. The molecule has 0 N–H and O–H groups in total. The van der Waals surface area contributed by atoms with E-state index in [0.717, 1.165) is 41.5 Å². The average Bonchev–Trinajstić information content (AvgIpc) is 3.29. The van der Waals surface area contributed by atoms with E-state index in [0.29, 0.717) is 13.2 Å². The van der Waals surface area contributed by atoms with Crippen LogP contribution in [0.15, 0.2) is 71.1 Å². The van der Waals surface area contributed by atoms with E-state index in [-0.39, 0.29) is 0 Å². The number of rotatable bonds is 7. The number of morpholine rings is 1. The normalized spacial score (nSPS) is 14.1. The van der Waals surface area contributed by atoms with Crippen LogP contribution in [0.4, 0.5) is 34.6 Å². The predicted molar refractivity (Wildman–Crippen MR) is 145 cm³/mol. The van der Waals surface area contributed by atoms with Gasteiger partial charge in [-0.2, -0.15) is 0 Å². The maximum absolute atomic E-state index is 9.75. The highest BCUT2D eigenvalue weighted by Gasteiger charge is 2.27. The molecule has 0 spiro atoms.